The van der Waals surface area contributed by atoms with E-state index in [1.165, 1.54) is 5.56 Å². The lowest BCUT2D eigenvalue weighted by Crippen LogP contribution is -2.58. The average molecular weight is 345 g/mol. The first-order valence-corrected chi connectivity index (χ1v) is 9.46. The highest BCUT2D eigenvalue weighted by Gasteiger charge is 2.42. The minimum atomic E-state index is -0.485. The van der Waals surface area contributed by atoms with Crippen molar-refractivity contribution in [2.24, 2.45) is 11.8 Å². The first kappa shape index (κ1) is 18.2. The molecule has 1 saturated heterocycles. The Bertz CT molecular complexity index is 576. The lowest BCUT2D eigenvalue weighted by molar-refractivity contribution is 0.132. The van der Waals surface area contributed by atoms with Gasteiger partial charge in [0, 0.05) is 25.7 Å². The maximum Gasteiger partial charge on any atom is 0.315 e. The maximum absolute atomic E-state index is 12.4. The van der Waals surface area contributed by atoms with Gasteiger partial charge < -0.3 is 15.7 Å². The molecule has 0 aromatic heterocycles. The molecule has 3 rings (SSSR count). The Kier molecular flexibility index (Phi) is 5.64. The van der Waals surface area contributed by atoms with Gasteiger partial charge in [-0.1, -0.05) is 37.3 Å². The first-order valence-electron chi connectivity index (χ1n) is 9.46. The number of rotatable bonds is 6. The molecule has 138 valence electrons. The van der Waals surface area contributed by atoms with Gasteiger partial charge in [-0.25, -0.2) is 4.79 Å². The molecule has 3 atom stereocenters. The van der Waals surface area contributed by atoms with Crippen LogP contribution in [0.3, 0.4) is 0 Å². The molecule has 1 aliphatic heterocycles. The number of hydrogen-bond donors (Lipinski definition) is 3. The van der Waals surface area contributed by atoms with E-state index in [9.17, 15) is 9.90 Å². The SMILES string of the molecule is CC1CN(Cc2ccccc2)CCC1NC(=O)NC(C)(CO)C1CC1. The first-order chi connectivity index (χ1) is 12.0. The fourth-order valence-corrected chi connectivity index (χ4v) is 3.89. The summed E-state index contributed by atoms with van der Waals surface area (Å²) in [6, 6.07) is 10.6. The largest absolute Gasteiger partial charge is 0.394 e. The van der Waals surface area contributed by atoms with Gasteiger partial charge in [0.25, 0.3) is 0 Å². The number of aliphatic hydroxyl groups is 1. The molecule has 5 nitrogen and oxygen atoms in total. The van der Waals surface area contributed by atoms with Crippen LogP contribution in [0.4, 0.5) is 4.79 Å². The smallest absolute Gasteiger partial charge is 0.315 e. The molecule has 25 heavy (non-hydrogen) atoms. The van der Waals surface area contributed by atoms with Crippen LogP contribution in [-0.2, 0) is 6.54 Å². The highest BCUT2D eigenvalue weighted by Crippen LogP contribution is 2.39. The normalized spacial score (nSPS) is 26.7. The Morgan fingerprint density at radius 2 is 2.00 bits per heavy atom. The Hall–Kier alpha value is -1.59. The van der Waals surface area contributed by atoms with Crippen LogP contribution in [0.1, 0.15) is 38.7 Å². The molecule has 5 heteroatoms. The highest BCUT2D eigenvalue weighted by molar-refractivity contribution is 5.75. The molecule has 2 aliphatic rings. The van der Waals surface area contributed by atoms with E-state index in [2.05, 4.69) is 46.7 Å². The topological polar surface area (TPSA) is 64.6 Å². The highest BCUT2D eigenvalue weighted by atomic mass is 16.3. The van der Waals surface area contributed by atoms with E-state index in [0.717, 1.165) is 38.9 Å². The van der Waals surface area contributed by atoms with E-state index in [1.807, 2.05) is 13.0 Å². The molecule has 1 aromatic rings. The van der Waals surface area contributed by atoms with Gasteiger partial charge in [-0.05, 0) is 43.6 Å². The van der Waals surface area contributed by atoms with Crippen LogP contribution in [0, 0.1) is 11.8 Å². The number of aliphatic hydroxyl groups excluding tert-OH is 1. The molecule has 1 aromatic carbocycles. The minimum Gasteiger partial charge on any atom is -0.394 e. The number of carbonyl (C=O) groups excluding carboxylic acids is 1. The number of carbonyl (C=O) groups is 1. The van der Waals surface area contributed by atoms with Crippen LogP contribution in [0.5, 0.6) is 0 Å². The lowest BCUT2D eigenvalue weighted by atomic mass is 9.93. The zero-order valence-corrected chi connectivity index (χ0v) is 15.4. The summed E-state index contributed by atoms with van der Waals surface area (Å²) in [6.45, 7) is 7.08. The van der Waals surface area contributed by atoms with E-state index in [4.69, 9.17) is 0 Å². The standard InChI is InChI=1S/C20H31N3O2/c1-15-12-23(13-16-6-4-3-5-7-16)11-10-18(15)21-19(25)22-20(2,14-24)17-8-9-17/h3-7,15,17-18,24H,8-14H2,1-2H3,(H2,21,22,25). The number of urea groups is 1. The van der Waals surface area contributed by atoms with Gasteiger partial charge in [-0.3, -0.25) is 4.90 Å². The molecule has 3 unspecified atom stereocenters. The number of piperidine rings is 1. The number of nitrogens with one attached hydrogen (secondary N) is 2. The van der Waals surface area contributed by atoms with Crippen LogP contribution < -0.4 is 10.6 Å². The minimum absolute atomic E-state index is 0.00381. The quantitative estimate of drug-likeness (QED) is 0.742. The fraction of sp³-hybridized carbons (Fsp3) is 0.650. The summed E-state index contributed by atoms with van der Waals surface area (Å²) in [4.78, 5) is 14.8. The predicted molar refractivity (Wildman–Crippen MR) is 99.2 cm³/mol. The van der Waals surface area contributed by atoms with Crippen molar-refractivity contribution in [1.82, 2.24) is 15.5 Å². The van der Waals surface area contributed by atoms with Gasteiger partial charge in [0.1, 0.15) is 0 Å². The molecule has 2 amide bonds. The van der Waals surface area contributed by atoms with Crippen LogP contribution in [-0.4, -0.2) is 47.3 Å². The monoisotopic (exact) mass is 345 g/mol. The number of nitrogens with zero attached hydrogens (tertiary/aromatic N) is 1. The van der Waals surface area contributed by atoms with Crippen LogP contribution >= 0.6 is 0 Å². The van der Waals surface area contributed by atoms with Gasteiger partial charge >= 0.3 is 6.03 Å². The van der Waals surface area contributed by atoms with Crippen molar-refractivity contribution in [3.8, 4) is 0 Å². The second-order valence-electron chi connectivity index (χ2n) is 8.04. The van der Waals surface area contributed by atoms with Crippen LogP contribution in [0.2, 0.25) is 0 Å². The third-order valence-electron chi connectivity index (χ3n) is 5.76. The second kappa shape index (κ2) is 7.75. The summed E-state index contributed by atoms with van der Waals surface area (Å²) in [6.07, 6.45) is 3.14. The summed E-state index contributed by atoms with van der Waals surface area (Å²) < 4.78 is 0. The third kappa shape index (κ3) is 4.73. The van der Waals surface area contributed by atoms with Gasteiger partial charge in [0.15, 0.2) is 0 Å². The molecule has 1 aliphatic carbocycles. The Morgan fingerprint density at radius 1 is 1.28 bits per heavy atom. The summed E-state index contributed by atoms with van der Waals surface area (Å²) in [7, 11) is 0. The number of amides is 2. The number of likely N-dealkylation sites (tertiary alicyclic amines) is 1. The molecule has 3 N–H and O–H groups in total. The zero-order valence-electron chi connectivity index (χ0n) is 15.4. The van der Waals surface area contributed by atoms with Crippen molar-refractivity contribution >= 4 is 6.03 Å². The second-order valence-corrected chi connectivity index (χ2v) is 8.04. The summed E-state index contributed by atoms with van der Waals surface area (Å²) in [5, 5.41) is 15.8. The molecular formula is C20H31N3O2. The molecule has 0 bridgehead atoms. The molecule has 0 radical (unpaired) electrons. The number of hydrogen-bond acceptors (Lipinski definition) is 3. The Labute approximate surface area is 150 Å². The van der Waals surface area contributed by atoms with Crippen molar-refractivity contribution < 1.29 is 9.90 Å². The maximum atomic E-state index is 12.4. The predicted octanol–water partition coefficient (Wildman–Crippen LogP) is 2.36. The molecule has 0 spiro atoms. The Morgan fingerprint density at radius 3 is 2.60 bits per heavy atom. The summed E-state index contributed by atoms with van der Waals surface area (Å²) >= 11 is 0. The zero-order chi connectivity index (χ0) is 17.9. The van der Waals surface area contributed by atoms with Gasteiger partial charge in [-0.2, -0.15) is 0 Å². The lowest BCUT2D eigenvalue weighted by Gasteiger charge is -2.38. The third-order valence-corrected chi connectivity index (χ3v) is 5.76. The van der Waals surface area contributed by atoms with E-state index in [-0.39, 0.29) is 18.7 Å². The van der Waals surface area contributed by atoms with E-state index >= 15 is 0 Å². The van der Waals surface area contributed by atoms with Crippen molar-refractivity contribution in [3.05, 3.63) is 35.9 Å². The van der Waals surface area contributed by atoms with Gasteiger partial charge in [-0.15, -0.1) is 0 Å². The van der Waals surface area contributed by atoms with Crippen LogP contribution in [0.15, 0.2) is 30.3 Å². The van der Waals surface area contributed by atoms with Crippen LogP contribution in [0.25, 0.3) is 0 Å². The van der Waals surface area contributed by atoms with Gasteiger partial charge in [0.05, 0.1) is 12.1 Å². The van der Waals surface area contributed by atoms with E-state index in [0.29, 0.717) is 11.8 Å². The fourth-order valence-electron chi connectivity index (χ4n) is 3.89. The van der Waals surface area contributed by atoms with E-state index < -0.39 is 5.54 Å². The molecular weight excluding hydrogens is 314 g/mol. The van der Waals surface area contributed by atoms with Crippen molar-refractivity contribution in [2.45, 2.75) is 51.2 Å². The molecule has 1 saturated carbocycles. The molecule has 1 heterocycles. The van der Waals surface area contributed by atoms with Crippen molar-refractivity contribution in [1.29, 1.82) is 0 Å². The average Bonchev–Trinajstić information content (AvgIpc) is 3.44. The number of benzene rings is 1. The molecule has 2 fully saturated rings. The summed E-state index contributed by atoms with van der Waals surface area (Å²) in [5.41, 5.74) is 0.850. The summed E-state index contributed by atoms with van der Waals surface area (Å²) in [5.74, 6) is 0.818. The van der Waals surface area contributed by atoms with E-state index in [1.54, 1.807) is 0 Å². The van der Waals surface area contributed by atoms with Gasteiger partial charge in [0.2, 0.25) is 0 Å². The Balaban J connectivity index is 1.47. The van der Waals surface area contributed by atoms with Crippen molar-refractivity contribution in [2.75, 3.05) is 19.7 Å². The van der Waals surface area contributed by atoms with Crippen molar-refractivity contribution in [3.63, 3.8) is 0 Å².